The van der Waals surface area contributed by atoms with Gasteiger partial charge in [-0.15, -0.1) is 0 Å². The van der Waals surface area contributed by atoms with Crippen molar-refractivity contribution in [3.8, 4) is 11.4 Å². The van der Waals surface area contributed by atoms with Gasteiger partial charge in [-0.2, -0.15) is 0 Å². The van der Waals surface area contributed by atoms with Gasteiger partial charge < -0.3 is 0 Å². The Morgan fingerprint density at radius 1 is 1.00 bits per heavy atom. The molecule has 26 heavy (non-hydrogen) atoms. The van der Waals surface area contributed by atoms with Crippen molar-refractivity contribution in [2.75, 3.05) is 6.54 Å². The summed E-state index contributed by atoms with van der Waals surface area (Å²) in [6, 6.07) is 13.4. The van der Waals surface area contributed by atoms with Crippen LogP contribution < -0.4 is 0 Å². The van der Waals surface area contributed by atoms with Crippen LogP contribution in [0.5, 0.6) is 0 Å². The van der Waals surface area contributed by atoms with E-state index in [0.717, 1.165) is 54.3 Å². The third kappa shape index (κ3) is 3.72. The first-order valence-corrected chi connectivity index (χ1v) is 9.49. The first-order chi connectivity index (χ1) is 12.6. The smallest absolute Gasteiger partial charge is 0.159 e. The minimum absolute atomic E-state index is 0.595. The van der Waals surface area contributed by atoms with Gasteiger partial charge in [0.15, 0.2) is 5.82 Å². The lowest BCUT2D eigenvalue weighted by molar-refractivity contribution is 0.243. The predicted molar refractivity (Wildman–Crippen MR) is 107 cm³/mol. The second-order valence-corrected chi connectivity index (χ2v) is 7.57. The Kier molecular flexibility index (Phi) is 5.14. The molecule has 1 aliphatic heterocycles. The van der Waals surface area contributed by atoms with E-state index < -0.39 is 0 Å². The molecular formula is C20H16Cl3N3. The first kappa shape index (κ1) is 17.7. The van der Waals surface area contributed by atoms with Crippen LogP contribution in [0.1, 0.15) is 16.8 Å². The number of halogens is 3. The van der Waals surface area contributed by atoms with Gasteiger partial charge in [0, 0.05) is 48.4 Å². The SMILES string of the molecule is Clc1ccc(-c2ncc3c(n2)CCN(Cc2cccc(Cl)c2Cl)C3)cc1. The second kappa shape index (κ2) is 7.53. The molecule has 0 aliphatic carbocycles. The fourth-order valence-electron chi connectivity index (χ4n) is 3.16. The van der Waals surface area contributed by atoms with Gasteiger partial charge in [0.1, 0.15) is 0 Å². The number of rotatable bonds is 3. The molecule has 3 aromatic rings. The standard InChI is InChI=1S/C20H16Cl3N3/c21-16-6-4-13(5-7-16)20-24-10-15-12-26(9-8-18(15)25-20)11-14-2-1-3-17(22)19(14)23/h1-7,10H,8-9,11-12H2. The number of fused-ring (bicyclic) bond motifs is 1. The van der Waals surface area contributed by atoms with Crippen molar-refractivity contribution in [2.45, 2.75) is 19.5 Å². The lowest BCUT2D eigenvalue weighted by Crippen LogP contribution is -2.31. The van der Waals surface area contributed by atoms with Crippen LogP contribution >= 0.6 is 34.8 Å². The van der Waals surface area contributed by atoms with Gasteiger partial charge in [-0.3, -0.25) is 4.90 Å². The van der Waals surface area contributed by atoms with Gasteiger partial charge in [0.2, 0.25) is 0 Å². The molecule has 0 spiro atoms. The average Bonchev–Trinajstić information content (AvgIpc) is 2.66. The summed E-state index contributed by atoms with van der Waals surface area (Å²) in [5, 5.41) is 1.94. The number of hydrogen-bond donors (Lipinski definition) is 0. The van der Waals surface area contributed by atoms with Crippen molar-refractivity contribution in [1.82, 2.24) is 14.9 Å². The molecule has 0 saturated heterocycles. The lowest BCUT2D eigenvalue weighted by Gasteiger charge is -2.28. The summed E-state index contributed by atoms with van der Waals surface area (Å²) < 4.78 is 0. The zero-order chi connectivity index (χ0) is 18.1. The predicted octanol–water partition coefficient (Wildman–Crippen LogP) is 5.66. The van der Waals surface area contributed by atoms with Gasteiger partial charge in [0.25, 0.3) is 0 Å². The van der Waals surface area contributed by atoms with Gasteiger partial charge in [-0.1, -0.05) is 46.9 Å². The quantitative estimate of drug-likeness (QED) is 0.564. The fraction of sp³-hybridized carbons (Fsp3) is 0.200. The van der Waals surface area contributed by atoms with Gasteiger partial charge in [-0.25, -0.2) is 9.97 Å². The summed E-state index contributed by atoms with van der Waals surface area (Å²) >= 11 is 18.4. The second-order valence-electron chi connectivity index (χ2n) is 6.35. The fourth-order valence-corrected chi connectivity index (χ4v) is 3.66. The molecule has 0 bridgehead atoms. The third-order valence-corrected chi connectivity index (χ3v) is 5.65. The van der Waals surface area contributed by atoms with Crippen LogP contribution in [0.25, 0.3) is 11.4 Å². The molecule has 0 radical (unpaired) electrons. The summed E-state index contributed by atoms with van der Waals surface area (Å²) in [6.07, 6.45) is 2.81. The third-order valence-electron chi connectivity index (χ3n) is 4.54. The van der Waals surface area contributed by atoms with Crippen LogP contribution in [0.3, 0.4) is 0 Å². The van der Waals surface area contributed by atoms with Crippen LogP contribution in [-0.4, -0.2) is 21.4 Å². The van der Waals surface area contributed by atoms with Crippen molar-refractivity contribution < 1.29 is 0 Å². The van der Waals surface area contributed by atoms with Gasteiger partial charge >= 0.3 is 0 Å². The van der Waals surface area contributed by atoms with Crippen molar-refractivity contribution in [1.29, 1.82) is 0 Å². The minimum atomic E-state index is 0.595. The van der Waals surface area contributed by atoms with Crippen LogP contribution in [-0.2, 0) is 19.5 Å². The highest BCUT2D eigenvalue weighted by molar-refractivity contribution is 6.42. The summed E-state index contributed by atoms with van der Waals surface area (Å²) in [7, 11) is 0. The maximum absolute atomic E-state index is 6.32. The van der Waals surface area contributed by atoms with E-state index in [1.807, 2.05) is 48.7 Å². The molecule has 0 atom stereocenters. The van der Waals surface area contributed by atoms with E-state index in [2.05, 4.69) is 9.88 Å². The molecule has 3 nitrogen and oxygen atoms in total. The maximum atomic E-state index is 6.32. The lowest BCUT2D eigenvalue weighted by atomic mass is 10.1. The zero-order valence-corrected chi connectivity index (χ0v) is 16.2. The number of nitrogens with zero attached hydrogens (tertiary/aromatic N) is 3. The zero-order valence-electron chi connectivity index (χ0n) is 13.9. The van der Waals surface area contributed by atoms with Crippen LogP contribution in [0, 0.1) is 0 Å². The van der Waals surface area contributed by atoms with Crippen molar-refractivity contribution in [3.05, 3.63) is 80.6 Å². The molecule has 0 fully saturated rings. The molecule has 2 aromatic carbocycles. The van der Waals surface area contributed by atoms with E-state index in [-0.39, 0.29) is 0 Å². The highest BCUT2D eigenvalue weighted by Gasteiger charge is 2.20. The maximum Gasteiger partial charge on any atom is 0.159 e. The summed E-state index contributed by atoms with van der Waals surface area (Å²) in [5.74, 6) is 0.742. The Morgan fingerprint density at radius 3 is 2.62 bits per heavy atom. The Hall–Kier alpha value is -1.65. The van der Waals surface area contributed by atoms with E-state index in [1.54, 1.807) is 0 Å². The number of hydrogen-bond acceptors (Lipinski definition) is 3. The molecule has 6 heteroatoms. The van der Waals surface area contributed by atoms with Crippen LogP contribution in [0.15, 0.2) is 48.7 Å². The molecule has 1 aromatic heterocycles. The molecular weight excluding hydrogens is 389 g/mol. The molecule has 0 unspecified atom stereocenters. The van der Waals surface area contributed by atoms with Crippen molar-refractivity contribution in [2.24, 2.45) is 0 Å². The molecule has 132 valence electrons. The molecule has 0 amide bonds. The summed E-state index contributed by atoms with van der Waals surface area (Å²) in [6.45, 7) is 2.49. The average molecular weight is 405 g/mol. The van der Waals surface area contributed by atoms with E-state index in [4.69, 9.17) is 39.8 Å². The van der Waals surface area contributed by atoms with E-state index in [0.29, 0.717) is 15.1 Å². The number of benzene rings is 2. The normalized spacial score (nSPS) is 14.3. The highest BCUT2D eigenvalue weighted by Crippen LogP contribution is 2.28. The Bertz CT molecular complexity index is 942. The summed E-state index contributed by atoms with van der Waals surface area (Å²) in [4.78, 5) is 11.6. The Labute approximate surface area is 167 Å². The number of aromatic nitrogens is 2. The Morgan fingerprint density at radius 2 is 1.81 bits per heavy atom. The van der Waals surface area contributed by atoms with Crippen LogP contribution in [0.2, 0.25) is 15.1 Å². The Balaban J connectivity index is 1.52. The summed E-state index contributed by atoms with van der Waals surface area (Å²) in [5.41, 5.74) is 4.29. The molecule has 0 saturated carbocycles. The monoisotopic (exact) mass is 403 g/mol. The highest BCUT2D eigenvalue weighted by atomic mass is 35.5. The molecule has 1 aliphatic rings. The van der Waals surface area contributed by atoms with Crippen molar-refractivity contribution >= 4 is 34.8 Å². The minimum Gasteiger partial charge on any atom is -0.294 e. The van der Waals surface area contributed by atoms with E-state index in [9.17, 15) is 0 Å². The van der Waals surface area contributed by atoms with E-state index in [1.165, 1.54) is 0 Å². The van der Waals surface area contributed by atoms with Crippen molar-refractivity contribution in [3.63, 3.8) is 0 Å². The molecule has 2 heterocycles. The van der Waals surface area contributed by atoms with Crippen LogP contribution in [0.4, 0.5) is 0 Å². The molecule has 4 rings (SSSR count). The van der Waals surface area contributed by atoms with E-state index >= 15 is 0 Å². The first-order valence-electron chi connectivity index (χ1n) is 8.36. The topological polar surface area (TPSA) is 29.0 Å². The van der Waals surface area contributed by atoms with Gasteiger partial charge in [0.05, 0.1) is 15.7 Å². The molecule has 0 N–H and O–H groups in total. The van der Waals surface area contributed by atoms with Gasteiger partial charge in [-0.05, 0) is 35.9 Å². The largest absolute Gasteiger partial charge is 0.294 e.